The van der Waals surface area contributed by atoms with Crippen LogP contribution in [0.2, 0.25) is 0 Å². The molecular weight excluding hydrogens is 323 g/mol. The molecule has 1 aromatic rings. The molecule has 0 spiro atoms. The van der Waals surface area contributed by atoms with Crippen molar-refractivity contribution in [2.75, 3.05) is 33.7 Å². The maximum atomic E-state index is 13.7. The van der Waals surface area contributed by atoms with Gasteiger partial charge in [-0.15, -0.1) is 0 Å². The molecule has 0 unspecified atom stereocenters. The van der Waals surface area contributed by atoms with E-state index in [1.54, 1.807) is 24.1 Å². The van der Waals surface area contributed by atoms with Crippen molar-refractivity contribution < 1.29 is 9.18 Å². The Hall–Kier alpha value is -0.940. The minimum atomic E-state index is -0.464. The Morgan fingerprint density at radius 2 is 2.10 bits per heavy atom. The SMILES string of the molecule is CN1CCC(CN(C)C(=O)c2cc(Br)ccc2F)CC1. The zero-order valence-electron chi connectivity index (χ0n) is 11.9. The van der Waals surface area contributed by atoms with E-state index in [-0.39, 0.29) is 11.5 Å². The molecule has 0 atom stereocenters. The van der Waals surface area contributed by atoms with Crippen molar-refractivity contribution in [2.45, 2.75) is 12.8 Å². The predicted molar refractivity (Wildman–Crippen MR) is 81.3 cm³/mol. The molecule has 1 saturated heterocycles. The van der Waals surface area contributed by atoms with Crippen LogP contribution < -0.4 is 0 Å². The second kappa shape index (κ2) is 6.68. The van der Waals surface area contributed by atoms with Crippen LogP contribution in [0, 0.1) is 11.7 Å². The van der Waals surface area contributed by atoms with Gasteiger partial charge in [0.25, 0.3) is 5.91 Å². The Kier molecular flexibility index (Phi) is 5.16. The molecule has 0 aromatic heterocycles. The Bertz CT molecular complexity index is 487. The molecule has 1 aliphatic heterocycles. The maximum Gasteiger partial charge on any atom is 0.256 e. The van der Waals surface area contributed by atoms with Gasteiger partial charge < -0.3 is 9.80 Å². The second-order valence-corrected chi connectivity index (χ2v) is 6.47. The number of carbonyl (C=O) groups is 1. The fraction of sp³-hybridized carbons (Fsp3) is 0.533. The highest BCUT2D eigenvalue weighted by atomic mass is 79.9. The molecule has 1 aliphatic rings. The van der Waals surface area contributed by atoms with Gasteiger partial charge in [0.05, 0.1) is 5.56 Å². The van der Waals surface area contributed by atoms with Crippen molar-refractivity contribution >= 4 is 21.8 Å². The van der Waals surface area contributed by atoms with Gasteiger partial charge in [-0.05, 0) is 57.1 Å². The second-order valence-electron chi connectivity index (χ2n) is 5.56. The van der Waals surface area contributed by atoms with Crippen LogP contribution in [0.4, 0.5) is 4.39 Å². The number of hydrogen-bond donors (Lipinski definition) is 0. The van der Waals surface area contributed by atoms with Crippen molar-refractivity contribution in [3.63, 3.8) is 0 Å². The third-order valence-electron chi connectivity index (χ3n) is 3.88. The predicted octanol–water partition coefficient (Wildman–Crippen LogP) is 3.00. The van der Waals surface area contributed by atoms with E-state index in [0.29, 0.717) is 12.5 Å². The molecule has 1 amide bonds. The highest BCUT2D eigenvalue weighted by Crippen LogP contribution is 2.20. The Balaban J connectivity index is 1.99. The molecule has 1 heterocycles. The standard InChI is InChI=1S/C15H20BrFN2O/c1-18-7-5-11(6-8-18)10-19(2)15(20)13-9-12(16)3-4-14(13)17/h3-4,9,11H,5-8,10H2,1-2H3. The Morgan fingerprint density at radius 1 is 1.45 bits per heavy atom. The van der Waals surface area contributed by atoms with E-state index in [9.17, 15) is 9.18 Å². The number of likely N-dealkylation sites (tertiary alicyclic amines) is 1. The summed E-state index contributed by atoms with van der Waals surface area (Å²) in [6.07, 6.45) is 2.18. The van der Waals surface area contributed by atoms with Gasteiger partial charge in [-0.2, -0.15) is 0 Å². The summed E-state index contributed by atoms with van der Waals surface area (Å²) in [4.78, 5) is 16.2. The minimum Gasteiger partial charge on any atom is -0.341 e. The van der Waals surface area contributed by atoms with Gasteiger partial charge >= 0.3 is 0 Å². The van der Waals surface area contributed by atoms with E-state index >= 15 is 0 Å². The first-order valence-corrected chi connectivity index (χ1v) is 7.65. The zero-order valence-corrected chi connectivity index (χ0v) is 13.5. The van der Waals surface area contributed by atoms with Crippen LogP contribution in [0.1, 0.15) is 23.2 Å². The van der Waals surface area contributed by atoms with Gasteiger partial charge in [0, 0.05) is 18.1 Å². The lowest BCUT2D eigenvalue weighted by Gasteiger charge is -2.31. The summed E-state index contributed by atoms with van der Waals surface area (Å²) in [5.41, 5.74) is 0.134. The van der Waals surface area contributed by atoms with Crippen LogP contribution in [0.5, 0.6) is 0 Å². The molecule has 1 fully saturated rings. The molecule has 110 valence electrons. The van der Waals surface area contributed by atoms with E-state index in [2.05, 4.69) is 27.9 Å². The van der Waals surface area contributed by atoms with E-state index in [1.807, 2.05) is 0 Å². The highest BCUT2D eigenvalue weighted by molar-refractivity contribution is 9.10. The number of benzene rings is 1. The Morgan fingerprint density at radius 3 is 2.75 bits per heavy atom. The van der Waals surface area contributed by atoms with Gasteiger partial charge in [0.1, 0.15) is 5.82 Å². The maximum absolute atomic E-state index is 13.7. The minimum absolute atomic E-state index is 0.134. The lowest BCUT2D eigenvalue weighted by atomic mass is 9.96. The molecule has 20 heavy (non-hydrogen) atoms. The molecule has 5 heteroatoms. The van der Waals surface area contributed by atoms with Gasteiger partial charge in [0.15, 0.2) is 0 Å². The summed E-state index contributed by atoms with van der Waals surface area (Å²) in [7, 11) is 3.86. The molecule has 0 aliphatic carbocycles. The number of halogens is 2. The van der Waals surface area contributed by atoms with E-state index in [4.69, 9.17) is 0 Å². The average Bonchev–Trinajstić information content (AvgIpc) is 2.43. The number of piperidine rings is 1. The number of carbonyl (C=O) groups excluding carboxylic acids is 1. The number of nitrogens with zero attached hydrogens (tertiary/aromatic N) is 2. The van der Waals surface area contributed by atoms with E-state index in [0.717, 1.165) is 30.4 Å². The van der Waals surface area contributed by atoms with Crippen molar-refractivity contribution in [3.05, 3.63) is 34.1 Å². The molecule has 2 rings (SSSR count). The van der Waals surface area contributed by atoms with Crippen LogP contribution >= 0.6 is 15.9 Å². The van der Waals surface area contributed by atoms with Crippen molar-refractivity contribution in [2.24, 2.45) is 5.92 Å². The summed E-state index contributed by atoms with van der Waals surface area (Å²) in [5, 5.41) is 0. The van der Waals surface area contributed by atoms with Crippen LogP contribution in [0.3, 0.4) is 0 Å². The van der Waals surface area contributed by atoms with Gasteiger partial charge in [0.2, 0.25) is 0 Å². The lowest BCUT2D eigenvalue weighted by molar-refractivity contribution is 0.0742. The molecular formula is C15H20BrFN2O. The fourth-order valence-electron chi connectivity index (χ4n) is 2.58. The fourth-order valence-corrected chi connectivity index (χ4v) is 2.94. The van der Waals surface area contributed by atoms with Gasteiger partial charge in [-0.1, -0.05) is 15.9 Å². The molecule has 0 radical (unpaired) electrons. The smallest absolute Gasteiger partial charge is 0.256 e. The molecule has 1 aromatic carbocycles. The summed E-state index contributed by atoms with van der Waals surface area (Å²) >= 11 is 3.28. The third-order valence-corrected chi connectivity index (χ3v) is 4.37. The molecule has 0 N–H and O–H groups in total. The van der Waals surface area contributed by atoms with Crippen LogP contribution in [-0.4, -0.2) is 49.4 Å². The van der Waals surface area contributed by atoms with Crippen LogP contribution in [0.25, 0.3) is 0 Å². The van der Waals surface area contributed by atoms with Crippen molar-refractivity contribution in [1.29, 1.82) is 0 Å². The molecule has 0 bridgehead atoms. The average molecular weight is 343 g/mol. The van der Waals surface area contributed by atoms with Crippen molar-refractivity contribution in [1.82, 2.24) is 9.80 Å². The quantitative estimate of drug-likeness (QED) is 0.842. The highest BCUT2D eigenvalue weighted by Gasteiger charge is 2.22. The van der Waals surface area contributed by atoms with E-state index < -0.39 is 5.82 Å². The van der Waals surface area contributed by atoms with Crippen molar-refractivity contribution in [3.8, 4) is 0 Å². The first kappa shape index (κ1) is 15.4. The zero-order chi connectivity index (χ0) is 14.7. The van der Waals surface area contributed by atoms with E-state index in [1.165, 1.54) is 6.07 Å². The number of hydrogen-bond acceptors (Lipinski definition) is 2. The summed E-state index contributed by atoms with van der Waals surface area (Å²) < 4.78 is 14.5. The monoisotopic (exact) mass is 342 g/mol. The van der Waals surface area contributed by atoms with Gasteiger partial charge in [-0.3, -0.25) is 4.79 Å². The van der Waals surface area contributed by atoms with Crippen LogP contribution in [0.15, 0.2) is 22.7 Å². The summed E-state index contributed by atoms with van der Waals surface area (Å²) in [6, 6.07) is 4.46. The number of amides is 1. The number of rotatable bonds is 3. The summed E-state index contributed by atoms with van der Waals surface area (Å²) in [6.45, 7) is 2.83. The van der Waals surface area contributed by atoms with Gasteiger partial charge in [-0.25, -0.2) is 4.39 Å². The van der Waals surface area contributed by atoms with Crippen LogP contribution in [-0.2, 0) is 0 Å². The molecule has 0 saturated carbocycles. The topological polar surface area (TPSA) is 23.6 Å². The molecule has 3 nitrogen and oxygen atoms in total. The first-order chi connectivity index (χ1) is 9.47. The Labute approximate surface area is 127 Å². The third kappa shape index (κ3) is 3.79. The summed E-state index contributed by atoms with van der Waals surface area (Å²) in [5.74, 6) is -0.202. The largest absolute Gasteiger partial charge is 0.341 e. The lowest BCUT2D eigenvalue weighted by Crippen LogP contribution is -2.38. The normalized spacial score (nSPS) is 17.2. The first-order valence-electron chi connectivity index (χ1n) is 6.86.